The molecule has 0 fully saturated rings. The van der Waals surface area contributed by atoms with E-state index in [0.717, 1.165) is 0 Å². The number of ether oxygens (including phenoxy) is 2. The summed E-state index contributed by atoms with van der Waals surface area (Å²) in [5, 5.41) is 5.50. The lowest BCUT2D eigenvalue weighted by atomic mass is 10.3. The third-order valence-corrected chi connectivity index (χ3v) is 3.09. The molecule has 2 rings (SSSR count). The molecule has 0 radical (unpaired) electrons. The van der Waals surface area contributed by atoms with Gasteiger partial charge in [0.05, 0.1) is 30.8 Å². The van der Waals surface area contributed by atoms with Crippen molar-refractivity contribution < 1.29 is 14.3 Å². The molecule has 0 saturated heterocycles. The predicted octanol–water partition coefficient (Wildman–Crippen LogP) is 3.14. The zero-order valence-electron chi connectivity index (χ0n) is 13.6. The van der Waals surface area contributed by atoms with Gasteiger partial charge in [-0.1, -0.05) is 6.07 Å². The summed E-state index contributed by atoms with van der Waals surface area (Å²) in [6.07, 6.45) is 0. The van der Waals surface area contributed by atoms with Gasteiger partial charge in [-0.05, 0) is 32.9 Å². The van der Waals surface area contributed by atoms with Gasteiger partial charge in [-0.15, -0.1) is 0 Å². The standard InChI is InChI=1S/C16H20N4O3/c1-5-23-16-17-10(2)14(11(3)18-16)20-15(21)19-12-7-6-8-13(9-12)22-4/h6-9H,5H2,1-4H3,(H2,19,20,21). The van der Waals surface area contributed by atoms with Gasteiger partial charge in [-0.3, -0.25) is 0 Å². The molecule has 0 aliphatic carbocycles. The number of hydrogen-bond donors (Lipinski definition) is 2. The van der Waals surface area contributed by atoms with Gasteiger partial charge in [-0.25, -0.2) is 4.79 Å². The third-order valence-electron chi connectivity index (χ3n) is 3.09. The second-order valence-electron chi connectivity index (χ2n) is 4.80. The number of nitrogens with zero attached hydrogens (tertiary/aromatic N) is 2. The fourth-order valence-electron chi connectivity index (χ4n) is 2.04. The second kappa shape index (κ2) is 7.44. The Hall–Kier alpha value is -2.83. The van der Waals surface area contributed by atoms with Gasteiger partial charge in [0.25, 0.3) is 0 Å². The molecule has 0 aliphatic heterocycles. The van der Waals surface area contributed by atoms with E-state index in [4.69, 9.17) is 9.47 Å². The number of benzene rings is 1. The molecule has 0 bridgehead atoms. The highest BCUT2D eigenvalue weighted by atomic mass is 16.5. The highest BCUT2D eigenvalue weighted by Gasteiger charge is 2.12. The Labute approximate surface area is 135 Å². The summed E-state index contributed by atoms with van der Waals surface area (Å²) in [6.45, 7) is 5.93. The van der Waals surface area contributed by atoms with E-state index in [1.165, 1.54) is 0 Å². The van der Waals surface area contributed by atoms with Crippen LogP contribution in [0.2, 0.25) is 0 Å². The van der Waals surface area contributed by atoms with Crippen LogP contribution in [0.5, 0.6) is 11.8 Å². The van der Waals surface area contributed by atoms with Crippen molar-refractivity contribution in [3.63, 3.8) is 0 Å². The average molecular weight is 316 g/mol. The SMILES string of the molecule is CCOc1nc(C)c(NC(=O)Nc2cccc(OC)c2)c(C)n1. The van der Waals surface area contributed by atoms with E-state index >= 15 is 0 Å². The molecule has 23 heavy (non-hydrogen) atoms. The minimum Gasteiger partial charge on any atom is -0.497 e. The van der Waals surface area contributed by atoms with Crippen LogP contribution in [0.4, 0.5) is 16.2 Å². The number of hydrogen-bond acceptors (Lipinski definition) is 5. The molecule has 1 heterocycles. The van der Waals surface area contributed by atoms with E-state index in [2.05, 4.69) is 20.6 Å². The number of aromatic nitrogens is 2. The molecular weight excluding hydrogens is 296 g/mol. The molecule has 2 amide bonds. The molecule has 2 N–H and O–H groups in total. The third kappa shape index (κ3) is 4.32. The van der Waals surface area contributed by atoms with Crippen LogP contribution < -0.4 is 20.1 Å². The van der Waals surface area contributed by atoms with Crippen molar-refractivity contribution in [2.45, 2.75) is 20.8 Å². The molecule has 0 unspecified atom stereocenters. The predicted molar refractivity (Wildman–Crippen MR) is 88.3 cm³/mol. The van der Waals surface area contributed by atoms with Crippen LogP contribution in [0.25, 0.3) is 0 Å². The van der Waals surface area contributed by atoms with Crippen LogP contribution in [-0.4, -0.2) is 29.7 Å². The lowest BCUT2D eigenvalue weighted by molar-refractivity contribution is 0.262. The zero-order valence-corrected chi connectivity index (χ0v) is 13.6. The van der Waals surface area contributed by atoms with Gasteiger partial charge >= 0.3 is 12.0 Å². The van der Waals surface area contributed by atoms with Crippen molar-refractivity contribution >= 4 is 17.4 Å². The number of urea groups is 1. The van der Waals surface area contributed by atoms with Crippen molar-refractivity contribution in [2.75, 3.05) is 24.4 Å². The first-order chi connectivity index (χ1) is 11.0. The monoisotopic (exact) mass is 316 g/mol. The number of amides is 2. The van der Waals surface area contributed by atoms with E-state index in [0.29, 0.717) is 41.1 Å². The van der Waals surface area contributed by atoms with Gasteiger partial charge in [0, 0.05) is 11.8 Å². The average Bonchev–Trinajstić information content (AvgIpc) is 2.51. The lowest BCUT2D eigenvalue weighted by Crippen LogP contribution is -2.21. The lowest BCUT2D eigenvalue weighted by Gasteiger charge is -2.13. The normalized spacial score (nSPS) is 10.1. The molecule has 1 aromatic heterocycles. The van der Waals surface area contributed by atoms with Gasteiger partial charge in [0.1, 0.15) is 5.75 Å². The Bertz CT molecular complexity index is 680. The molecule has 2 aromatic rings. The molecule has 7 nitrogen and oxygen atoms in total. The van der Waals surface area contributed by atoms with Crippen molar-refractivity contribution in [3.05, 3.63) is 35.7 Å². The van der Waals surface area contributed by atoms with Gasteiger partial charge in [0.2, 0.25) is 0 Å². The maximum atomic E-state index is 12.1. The van der Waals surface area contributed by atoms with Gasteiger partial charge < -0.3 is 20.1 Å². The van der Waals surface area contributed by atoms with Crippen LogP contribution in [0.15, 0.2) is 24.3 Å². The number of nitrogens with one attached hydrogen (secondary N) is 2. The van der Waals surface area contributed by atoms with E-state index in [1.807, 2.05) is 6.92 Å². The minimum atomic E-state index is -0.378. The summed E-state index contributed by atoms with van der Waals surface area (Å²) >= 11 is 0. The number of rotatable bonds is 5. The summed E-state index contributed by atoms with van der Waals surface area (Å²) in [6, 6.07) is 7.03. The maximum Gasteiger partial charge on any atom is 0.323 e. The second-order valence-corrected chi connectivity index (χ2v) is 4.80. The van der Waals surface area contributed by atoms with E-state index < -0.39 is 0 Å². The highest BCUT2D eigenvalue weighted by Crippen LogP contribution is 2.21. The zero-order chi connectivity index (χ0) is 16.8. The van der Waals surface area contributed by atoms with Crippen molar-refractivity contribution in [1.29, 1.82) is 0 Å². The van der Waals surface area contributed by atoms with Crippen molar-refractivity contribution in [2.24, 2.45) is 0 Å². The van der Waals surface area contributed by atoms with Crippen molar-refractivity contribution in [3.8, 4) is 11.8 Å². The van der Waals surface area contributed by atoms with E-state index in [9.17, 15) is 4.79 Å². The number of anilines is 2. The highest BCUT2D eigenvalue weighted by molar-refractivity contribution is 6.00. The van der Waals surface area contributed by atoms with E-state index in [1.54, 1.807) is 45.2 Å². The smallest absolute Gasteiger partial charge is 0.323 e. The van der Waals surface area contributed by atoms with Crippen LogP contribution in [0, 0.1) is 13.8 Å². The molecule has 0 saturated carbocycles. The summed E-state index contributed by atoms with van der Waals surface area (Å²) in [5.74, 6) is 0.666. The molecule has 0 aliphatic rings. The Morgan fingerprint density at radius 2 is 1.87 bits per heavy atom. The summed E-state index contributed by atoms with van der Waals surface area (Å²) < 4.78 is 10.4. The first-order valence-electron chi connectivity index (χ1n) is 7.23. The Kier molecular flexibility index (Phi) is 5.35. The Morgan fingerprint density at radius 1 is 1.17 bits per heavy atom. The Morgan fingerprint density at radius 3 is 2.48 bits per heavy atom. The van der Waals surface area contributed by atoms with Crippen LogP contribution in [0.3, 0.4) is 0 Å². The van der Waals surface area contributed by atoms with Crippen molar-refractivity contribution in [1.82, 2.24) is 9.97 Å². The number of carbonyl (C=O) groups is 1. The molecule has 0 spiro atoms. The summed E-state index contributed by atoms with van der Waals surface area (Å²) in [7, 11) is 1.57. The molecule has 7 heteroatoms. The topological polar surface area (TPSA) is 85.4 Å². The number of methoxy groups -OCH3 is 1. The van der Waals surface area contributed by atoms with E-state index in [-0.39, 0.29) is 6.03 Å². The Balaban J connectivity index is 2.10. The summed E-state index contributed by atoms with van der Waals surface area (Å²) in [4.78, 5) is 20.6. The largest absolute Gasteiger partial charge is 0.497 e. The first-order valence-corrected chi connectivity index (χ1v) is 7.23. The van der Waals surface area contributed by atoms with Gasteiger partial charge in [0.15, 0.2) is 0 Å². The van der Waals surface area contributed by atoms with Crippen LogP contribution in [0.1, 0.15) is 18.3 Å². The molecule has 122 valence electrons. The van der Waals surface area contributed by atoms with Crippen LogP contribution >= 0.6 is 0 Å². The number of aryl methyl sites for hydroxylation is 2. The summed E-state index contributed by atoms with van der Waals surface area (Å²) in [5.41, 5.74) is 2.47. The van der Waals surface area contributed by atoms with Gasteiger partial charge in [-0.2, -0.15) is 9.97 Å². The van der Waals surface area contributed by atoms with Crippen LogP contribution in [-0.2, 0) is 0 Å². The fourth-order valence-corrected chi connectivity index (χ4v) is 2.04. The minimum absolute atomic E-state index is 0.307. The maximum absolute atomic E-state index is 12.1. The number of carbonyl (C=O) groups excluding carboxylic acids is 1. The molecular formula is C16H20N4O3. The quantitative estimate of drug-likeness (QED) is 0.885. The first kappa shape index (κ1) is 16.5. The fraction of sp³-hybridized carbons (Fsp3) is 0.312. The molecule has 1 aromatic carbocycles. The molecule has 0 atom stereocenters.